The topological polar surface area (TPSA) is 47.3 Å². The van der Waals surface area contributed by atoms with E-state index in [-0.39, 0.29) is 5.56 Å². The SMILES string of the molecule is Cc1ccccc1-c1nc2sc(=Cc3ccc(Cl)cc3)c(=O)n2n1. The number of fused-ring (bicyclic) bond motifs is 1. The van der Waals surface area contributed by atoms with Crippen molar-refractivity contribution in [3.05, 3.63) is 79.6 Å². The molecule has 0 N–H and O–H groups in total. The number of thiazole rings is 1. The first-order valence-electron chi connectivity index (χ1n) is 7.35. The van der Waals surface area contributed by atoms with Gasteiger partial charge in [0.15, 0.2) is 5.82 Å². The second-order valence-electron chi connectivity index (χ2n) is 5.41. The average Bonchev–Trinajstić information content (AvgIpc) is 3.10. The molecular formula is C18H12ClN3OS. The fourth-order valence-electron chi connectivity index (χ4n) is 2.48. The number of nitrogens with zero attached hydrogens (tertiary/aromatic N) is 3. The molecule has 0 aliphatic heterocycles. The monoisotopic (exact) mass is 353 g/mol. The Balaban J connectivity index is 1.83. The Bertz CT molecular complexity index is 1150. The lowest BCUT2D eigenvalue weighted by Crippen LogP contribution is -2.23. The van der Waals surface area contributed by atoms with Crippen LogP contribution in [0.5, 0.6) is 0 Å². The molecule has 0 saturated heterocycles. The van der Waals surface area contributed by atoms with Crippen LogP contribution < -0.4 is 10.1 Å². The van der Waals surface area contributed by atoms with Crippen LogP contribution in [0.4, 0.5) is 0 Å². The van der Waals surface area contributed by atoms with Gasteiger partial charge in [0, 0.05) is 10.6 Å². The first-order valence-corrected chi connectivity index (χ1v) is 8.54. The maximum absolute atomic E-state index is 12.5. The van der Waals surface area contributed by atoms with E-state index in [1.165, 1.54) is 15.9 Å². The average molecular weight is 354 g/mol. The second-order valence-corrected chi connectivity index (χ2v) is 6.86. The van der Waals surface area contributed by atoms with Gasteiger partial charge in [-0.1, -0.05) is 59.3 Å². The quantitative estimate of drug-likeness (QED) is 0.555. The summed E-state index contributed by atoms with van der Waals surface area (Å²) in [5.74, 6) is 0.578. The zero-order chi connectivity index (χ0) is 16.7. The molecule has 0 bridgehead atoms. The predicted molar refractivity (Wildman–Crippen MR) is 97.5 cm³/mol. The minimum absolute atomic E-state index is 0.155. The summed E-state index contributed by atoms with van der Waals surface area (Å²) in [6.45, 7) is 2.00. The van der Waals surface area contributed by atoms with Crippen LogP contribution in [-0.4, -0.2) is 14.6 Å². The standard InChI is InChI=1S/C18H12ClN3OS/c1-11-4-2-3-5-14(11)16-20-18-22(21-16)17(23)15(24-18)10-12-6-8-13(19)9-7-12/h2-10H,1H3. The van der Waals surface area contributed by atoms with Crippen LogP contribution in [0.2, 0.25) is 5.02 Å². The molecule has 0 saturated carbocycles. The Morgan fingerprint density at radius 3 is 2.58 bits per heavy atom. The van der Waals surface area contributed by atoms with Crippen LogP contribution in [0.1, 0.15) is 11.1 Å². The summed E-state index contributed by atoms with van der Waals surface area (Å²) in [5, 5.41) is 5.05. The van der Waals surface area contributed by atoms with Crippen molar-refractivity contribution in [2.45, 2.75) is 6.92 Å². The summed E-state index contributed by atoms with van der Waals surface area (Å²) in [4.78, 5) is 17.6. The van der Waals surface area contributed by atoms with E-state index < -0.39 is 0 Å². The molecule has 4 nitrogen and oxygen atoms in total. The number of benzene rings is 2. The Morgan fingerprint density at radius 2 is 1.88 bits per heavy atom. The smallest absolute Gasteiger partial charge is 0.266 e. The molecule has 0 aliphatic carbocycles. The first-order chi connectivity index (χ1) is 11.6. The van der Waals surface area contributed by atoms with E-state index in [9.17, 15) is 4.79 Å². The van der Waals surface area contributed by atoms with Crippen molar-refractivity contribution in [1.82, 2.24) is 14.6 Å². The van der Waals surface area contributed by atoms with Crippen LogP contribution in [0, 0.1) is 6.92 Å². The molecule has 0 spiro atoms. The zero-order valence-corrected chi connectivity index (χ0v) is 14.3. The molecule has 118 valence electrons. The second kappa shape index (κ2) is 5.85. The van der Waals surface area contributed by atoms with Gasteiger partial charge in [0.1, 0.15) is 0 Å². The molecule has 0 unspecified atom stereocenters. The molecule has 2 aromatic carbocycles. The predicted octanol–water partition coefficient (Wildman–Crippen LogP) is 3.33. The van der Waals surface area contributed by atoms with Crippen molar-refractivity contribution < 1.29 is 0 Å². The van der Waals surface area contributed by atoms with E-state index in [0.29, 0.717) is 20.3 Å². The van der Waals surface area contributed by atoms with Gasteiger partial charge in [0.2, 0.25) is 4.96 Å². The molecule has 0 aliphatic rings. The zero-order valence-electron chi connectivity index (χ0n) is 12.7. The highest BCUT2D eigenvalue weighted by Gasteiger charge is 2.13. The van der Waals surface area contributed by atoms with Gasteiger partial charge in [-0.3, -0.25) is 4.79 Å². The molecule has 2 aromatic heterocycles. The Hall–Kier alpha value is -2.50. The highest BCUT2D eigenvalue weighted by molar-refractivity contribution is 7.15. The summed E-state index contributed by atoms with van der Waals surface area (Å²) in [6, 6.07) is 15.2. The lowest BCUT2D eigenvalue weighted by molar-refractivity contribution is 0.936. The summed E-state index contributed by atoms with van der Waals surface area (Å²) < 4.78 is 1.97. The number of aromatic nitrogens is 3. The Morgan fingerprint density at radius 1 is 1.12 bits per heavy atom. The molecule has 0 fully saturated rings. The van der Waals surface area contributed by atoms with Crippen molar-refractivity contribution >= 4 is 34.0 Å². The number of rotatable bonds is 2. The molecule has 4 aromatic rings. The van der Waals surface area contributed by atoms with Crippen molar-refractivity contribution in [1.29, 1.82) is 0 Å². The van der Waals surface area contributed by atoms with Gasteiger partial charge in [0.05, 0.1) is 4.53 Å². The van der Waals surface area contributed by atoms with Gasteiger partial charge in [0.25, 0.3) is 5.56 Å². The first kappa shape index (κ1) is 15.1. The van der Waals surface area contributed by atoms with E-state index in [1.807, 2.05) is 49.4 Å². The summed E-state index contributed by atoms with van der Waals surface area (Å²) in [7, 11) is 0. The third kappa shape index (κ3) is 2.62. The van der Waals surface area contributed by atoms with Crippen LogP contribution in [0.15, 0.2) is 53.3 Å². The number of hydrogen-bond acceptors (Lipinski definition) is 4. The molecule has 6 heteroatoms. The number of hydrogen-bond donors (Lipinski definition) is 0. The lowest BCUT2D eigenvalue weighted by Gasteiger charge is -1.98. The fraction of sp³-hybridized carbons (Fsp3) is 0.0556. The van der Waals surface area contributed by atoms with E-state index >= 15 is 0 Å². The van der Waals surface area contributed by atoms with Gasteiger partial charge in [-0.25, -0.2) is 0 Å². The fourth-order valence-corrected chi connectivity index (χ4v) is 3.52. The minimum atomic E-state index is -0.155. The third-order valence-electron chi connectivity index (χ3n) is 3.74. The highest BCUT2D eigenvalue weighted by atomic mass is 35.5. The Labute approximate surface area is 146 Å². The van der Waals surface area contributed by atoms with Crippen LogP contribution in [-0.2, 0) is 0 Å². The molecular weight excluding hydrogens is 342 g/mol. The molecule has 4 rings (SSSR count). The van der Waals surface area contributed by atoms with Crippen molar-refractivity contribution in [3.8, 4) is 11.4 Å². The minimum Gasteiger partial charge on any atom is -0.266 e. The summed E-state index contributed by atoms with van der Waals surface area (Å²) in [6.07, 6.45) is 1.83. The molecule has 0 atom stereocenters. The van der Waals surface area contributed by atoms with Crippen molar-refractivity contribution in [2.24, 2.45) is 0 Å². The van der Waals surface area contributed by atoms with Gasteiger partial charge >= 0.3 is 0 Å². The van der Waals surface area contributed by atoms with Crippen LogP contribution >= 0.6 is 22.9 Å². The molecule has 0 amide bonds. The molecule has 2 heterocycles. The maximum Gasteiger partial charge on any atom is 0.291 e. The van der Waals surface area contributed by atoms with Crippen LogP contribution in [0.25, 0.3) is 22.4 Å². The highest BCUT2D eigenvalue weighted by Crippen LogP contribution is 2.20. The number of halogens is 1. The van der Waals surface area contributed by atoms with Crippen molar-refractivity contribution in [2.75, 3.05) is 0 Å². The number of aryl methyl sites for hydroxylation is 1. The summed E-state index contributed by atoms with van der Waals surface area (Å²) >= 11 is 7.22. The van der Waals surface area contributed by atoms with E-state index in [2.05, 4.69) is 10.1 Å². The van der Waals surface area contributed by atoms with E-state index in [4.69, 9.17) is 11.6 Å². The van der Waals surface area contributed by atoms with Gasteiger partial charge in [-0.2, -0.15) is 9.50 Å². The molecule has 24 heavy (non-hydrogen) atoms. The van der Waals surface area contributed by atoms with Crippen LogP contribution in [0.3, 0.4) is 0 Å². The largest absolute Gasteiger partial charge is 0.291 e. The van der Waals surface area contributed by atoms with E-state index in [0.717, 1.165) is 16.7 Å². The Kier molecular flexibility index (Phi) is 3.67. The third-order valence-corrected chi connectivity index (χ3v) is 4.95. The van der Waals surface area contributed by atoms with Crippen molar-refractivity contribution in [3.63, 3.8) is 0 Å². The van der Waals surface area contributed by atoms with Gasteiger partial charge in [-0.05, 0) is 36.3 Å². The summed E-state index contributed by atoms with van der Waals surface area (Å²) in [5.41, 5.74) is 2.78. The van der Waals surface area contributed by atoms with E-state index in [1.54, 1.807) is 12.1 Å². The normalized spacial score (nSPS) is 12.2. The van der Waals surface area contributed by atoms with Gasteiger partial charge in [-0.15, -0.1) is 5.10 Å². The maximum atomic E-state index is 12.5. The molecule has 0 radical (unpaired) electrons. The van der Waals surface area contributed by atoms with Gasteiger partial charge < -0.3 is 0 Å². The lowest BCUT2D eigenvalue weighted by atomic mass is 10.1.